The van der Waals surface area contributed by atoms with Gasteiger partial charge in [-0.15, -0.1) is 0 Å². The Hall–Kier alpha value is -0.480. The standard InChI is InChI=1S/C35H68O12/c1-3-5-7-9-11-13-15-17-19-35(20-18-16-14-12-10-8-6-4-2,23-44-33-31(42)29(40)27(38)25(21-36)46-33)24-45-34-32(43)30(41)28(39)26(22-37)47-34/h25-34,36-43H,3-24H2,1-2H3/t25-,26-,27-,28-,29+,30+,31-,32+,33-,34-/m0/s1. The molecule has 47 heavy (non-hydrogen) atoms. The lowest BCUT2D eigenvalue weighted by Crippen LogP contribution is -2.60. The SMILES string of the molecule is CCCCCCCCCCC(CCCCCCCCCC)(CO[C@H]1O[C@@H](CO)[C@H](O)[C@@H](O)[C@@H]1O)CO[C@H]1O[C@@H](CO)[C@H](O)[C@@H](O)[C@H]1O. The fourth-order valence-electron chi connectivity index (χ4n) is 6.65. The minimum atomic E-state index is -1.56. The molecule has 0 amide bonds. The molecule has 0 aromatic heterocycles. The van der Waals surface area contributed by atoms with Gasteiger partial charge in [-0.2, -0.15) is 0 Å². The van der Waals surface area contributed by atoms with Crippen LogP contribution in [-0.2, 0) is 18.9 Å². The molecule has 2 fully saturated rings. The van der Waals surface area contributed by atoms with Crippen LogP contribution in [0.25, 0.3) is 0 Å². The van der Waals surface area contributed by atoms with Crippen LogP contribution in [0, 0.1) is 5.41 Å². The van der Waals surface area contributed by atoms with Crippen molar-refractivity contribution >= 4 is 0 Å². The van der Waals surface area contributed by atoms with Crippen LogP contribution >= 0.6 is 0 Å². The third kappa shape index (κ3) is 14.3. The van der Waals surface area contributed by atoms with Gasteiger partial charge in [-0.05, 0) is 12.8 Å². The highest BCUT2D eigenvalue weighted by molar-refractivity contribution is 4.91. The average Bonchev–Trinajstić information content (AvgIpc) is 3.07. The summed E-state index contributed by atoms with van der Waals surface area (Å²) >= 11 is 0. The van der Waals surface area contributed by atoms with E-state index in [2.05, 4.69) is 13.8 Å². The van der Waals surface area contributed by atoms with Crippen molar-refractivity contribution in [3.05, 3.63) is 0 Å². The molecule has 280 valence electrons. The fraction of sp³-hybridized carbons (Fsp3) is 1.00. The predicted octanol–water partition coefficient (Wildman–Crippen LogP) is 2.67. The summed E-state index contributed by atoms with van der Waals surface area (Å²) < 4.78 is 23.6. The highest BCUT2D eigenvalue weighted by Crippen LogP contribution is 2.36. The van der Waals surface area contributed by atoms with Crippen LogP contribution in [0.15, 0.2) is 0 Å². The number of aliphatic hydroxyl groups excluding tert-OH is 8. The Kier molecular flexibility index (Phi) is 21.7. The van der Waals surface area contributed by atoms with Crippen molar-refractivity contribution in [3.8, 4) is 0 Å². The smallest absolute Gasteiger partial charge is 0.186 e. The maximum Gasteiger partial charge on any atom is 0.186 e. The summed E-state index contributed by atoms with van der Waals surface area (Å²) in [4.78, 5) is 0. The molecule has 2 rings (SSSR count). The predicted molar refractivity (Wildman–Crippen MR) is 176 cm³/mol. The molecule has 8 N–H and O–H groups in total. The Morgan fingerprint density at radius 3 is 1.09 bits per heavy atom. The molecule has 0 saturated carbocycles. The minimum absolute atomic E-state index is 0.0557. The molecule has 12 heteroatoms. The van der Waals surface area contributed by atoms with Gasteiger partial charge >= 0.3 is 0 Å². The molecule has 10 atom stereocenters. The van der Waals surface area contributed by atoms with Crippen LogP contribution in [0.5, 0.6) is 0 Å². The summed E-state index contributed by atoms with van der Waals surface area (Å²) in [5.74, 6) is 0. The van der Waals surface area contributed by atoms with Crippen molar-refractivity contribution < 1.29 is 59.8 Å². The Bertz CT molecular complexity index is 709. The maximum absolute atomic E-state index is 10.7. The maximum atomic E-state index is 10.7. The van der Waals surface area contributed by atoms with E-state index in [0.717, 1.165) is 51.4 Å². The highest BCUT2D eigenvalue weighted by Gasteiger charge is 2.47. The summed E-state index contributed by atoms with van der Waals surface area (Å²) in [6.45, 7) is 3.38. The van der Waals surface area contributed by atoms with Crippen LogP contribution in [0.3, 0.4) is 0 Å². The Labute approximate surface area is 282 Å². The van der Waals surface area contributed by atoms with Gasteiger partial charge in [-0.3, -0.25) is 0 Å². The van der Waals surface area contributed by atoms with E-state index in [1.807, 2.05) is 0 Å². The van der Waals surface area contributed by atoms with Crippen molar-refractivity contribution in [2.24, 2.45) is 5.41 Å². The second-order valence-electron chi connectivity index (χ2n) is 14.0. The van der Waals surface area contributed by atoms with Gasteiger partial charge < -0.3 is 59.8 Å². The number of hydrogen-bond acceptors (Lipinski definition) is 12. The second-order valence-corrected chi connectivity index (χ2v) is 14.0. The highest BCUT2D eigenvalue weighted by atomic mass is 16.7. The van der Waals surface area contributed by atoms with Gasteiger partial charge in [-0.1, -0.05) is 117 Å². The lowest BCUT2D eigenvalue weighted by Gasteiger charge is -2.43. The Morgan fingerprint density at radius 1 is 0.447 bits per heavy atom. The van der Waals surface area contributed by atoms with Crippen LogP contribution in [-0.4, -0.2) is 129 Å². The Morgan fingerprint density at radius 2 is 0.766 bits per heavy atom. The van der Waals surface area contributed by atoms with Gasteiger partial charge in [-0.25, -0.2) is 0 Å². The van der Waals surface area contributed by atoms with Crippen LogP contribution in [0.1, 0.15) is 129 Å². The lowest BCUT2D eigenvalue weighted by atomic mass is 9.79. The first-order valence-electron chi connectivity index (χ1n) is 18.5. The van der Waals surface area contributed by atoms with Gasteiger partial charge in [0.2, 0.25) is 0 Å². The third-order valence-electron chi connectivity index (χ3n) is 9.93. The zero-order valence-electron chi connectivity index (χ0n) is 29.0. The molecular formula is C35H68O12. The molecule has 0 spiro atoms. The number of ether oxygens (including phenoxy) is 4. The summed E-state index contributed by atoms with van der Waals surface area (Å²) in [6, 6.07) is 0. The molecule has 12 nitrogen and oxygen atoms in total. The van der Waals surface area contributed by atoms with Crippen molar-refractivity contribution in [2.75, 3.05) is 26.4 Å². The summed E-state index contributed by atoms with van der Waals surface area (Å²) in [5.41, 5.74) is -0.637. The molecule has 2 aliphatic heterocycles. The summed E-state index contributed by atoms with van der Waals surface area (Å²) in [6.07, 6.45) is 5.43. The van der Waals surface area contributed by atoms with Gasteiger partial charge in [0.05, 0.1) is 26.4 Å². The number of rotatable bonds is 26. The normalized spacial score (nSPS) is 31.8. The number of aliphatic hydroxyl groups is 8. The number of unbranched alkanes of at least 4 members (excludes halogenated alkanes) is 14. The fourth-order valence-corrected chi connectivity index (χ4v) is 6.65. The number of hydrogen-bond donors (Lipinski definition) is 8. The van der Waals surface area contributed by atoms with Crippen LogP contribution < -0.4 is 0 Å². The molecule has 2 aliphatic rings. The topological polar surface area (TPSA) is 199 Å². The van der Waals surface area contributed by atoms with Gasteiger partial charge in [0, 0.05) is 5.41 Å². The molecule has 0 aromatic carbocycles. The zero-order valence-corrected chi connectivity index (χ0v) is 29.0. The molecule has 0 unspecified atom stereocenters. The first-order chi connectivity index (χ1) is 22.6. The monoisotopic (exact) mass is 680 g/mol. The van der Waals surface area contributed by atoms with E-state index in [1.54, 1.807) is 0 Å². The molecule has 2 heterocycles. The second kappa shape index (κ2) is 23.8. The van der Waals surface area contributed by atoms with Crippen molar-refractivity contribution in [3.63, 3.8) is 0 Å². The molecule has 0 aromatic rings. The van der Waals surface area contributed by atoms with E-state index in [4.69, 9.17) is 18.9 Å². The zero-order chi connectivity index (χ0) is 34.7. The molecule has 0 radical (unpaired) electrons. The quantitative estimate of drug-likeness (QED) is 0.0623. The van der Waals surface area contributed by atoms with E-state index in [9.17, 15) is 40.9 Å². The molecule has 0 aliphatic carbocycles. The van der Waals surface area contributed by atoms with E-state index in [1.165, 1.54) is 51.4 Å². The van der Waals surface area contributed by atoms with Crippen molar-refractivity contribution in [1.29, 1.82) is 0 Å². The molecular weight excluding hydrogens is 612 g/mol. The molecule has 0 bridgehead atoms. The summed E-state index contributed by atoms with van der Waals surface area (Å²) in [7, 11) is 0. The van der Waals surface area contributed by atoms with E-state index in [-0.39, 0.29) is 13.2 Å². The van der Waals surface area contributed by atoms with Gasteiger partial charge in [0.1, 0.15) is 48.8 Å². The van der Waals surface area contributed by atoms with E-state index in [0.29, 0.717) is 12.8 Å². The average molecular weight is 681 g/mol. The summed E-state index contributed by atoms with van der Waals surface area (Å²) in [5, 5.41) is 81.8. The first kappa shape index (κ1) is 42.7. The minimum Gasteiger partial charge on any atom is -0.394 e. The van der Waals surface area contributed by atoms with Gasteiger partial charge in [0.15, 0.2) is 12.6 Å². The largest absolute Gasteiger partial charge is 0.394 e. The third-order valence-corrected chi connectivity index (χ3v) is 9.93. The Balaban J connectivity index is 2.19. The van der Waals surface area contributed by atoms with E-state index < -0.39 is 80.0 Å². The molecule has 2 saturated heterocycles. The van der Waals surface area contributed by atoms with Gasteiger partial charge in [0.25, 0.3) is 0 Å². The van der Waals surface area contributed by atoms with E-state index >= 15 is 0 Å². The van der Waals surface area contributed by atoms with Crippen LogP contribution in [0.2, 0.25) is 0 Å². The van der Waals surface area contributed by atoms with Crippen molar-refractivity contribution in [1.82, 2.24) is 0 Å². The first-order valence-corrected chi connectivity index (χ1v) is 18.5. The van der Waals surface area contributed by atoms with Crippen LogP contribution in [0.4, 0.5) is 0 Å². The van der Waals surface area contributed by atoms with Crippen molar-refractivity contribution in [2.45, 2.75) is 191 Å². The lowest BCUT2D eigenvalue weighted by molar-refractivity contribution is -0.319.